The van der Waals surface area contributed by atoms with Gasteiger partial charge in [0.15, 0.2) is 0 Å². The maximum Gasteiger partial charge on any atom is 0.235 e. The Kier molecular flexibility index (Phi) is 4.33. The molecule has 1 heterocycles. The summed E-state index contributed by atoms with van der Waals surface area (Å²) in [7, 11) is -5.44. The second-order valence-electron chi connectivity index (χ2n) is 4.88. The Morgan fingerprint density at radius 3 is 2.43 bits per heavy atom. The second kappa shape index (κ2) is 5.72. The fourth-order valence-corrected chi connectivity index (χ4v) is 5.43. The first kappa shape index (κ1) is 15.9. The number of anilines is 1. The van der Waals surface area contributed by atoms with E-state index >= 15 is 0 Å². The topological polar surface area (TPSA) is 110 Å². The summed E-state index contributed by atoms with van der Waals surface area (Å²) in [4.78, 5) is 0. The molecule has 1 fully saturated rings. The minimum Gasteiger partial charge on any atom is -0.506 e. The number of rotatable bonds is 4. The maximum atomic E-state index is 12.2. The van der Waals surface area contributed by atoms with Gasteiger partial charge in [-0.05, 0) is 25.0 Å². The van der Waals surface area contributed by atoms with Crippen LogP contribution in [0.3, 0.4) is 0 Å². The molecule has 1 aliphatic heterocycles. The molecule has 0 amide bonds. The highest BCUT2D eigenvalue weighted by Crippen LogP contribution is 2.30. The number of aromatic hydroxyl groups is 1. The zero-order valence-electron chi connectivity index (χ0n) is 11.4. The van der Waals surface area contributed by atoms with E-state index in [2.05, 4.69) is 4.72 Å². The second-order valence-corrected chi connectivity index (χ2v) is 9.15. The number of methoxy groups -OCH3 is 1. The third-order valence-electron chi connectivity index (χ3n) is 3.40. The van der Waals surface area contributed by atoms with Crippen molar-refractivity contribution in [3.05, 3.63) is 18.2 Å². The Bertz CT molecular complexity index is 712. The lowest BCUT2D eigenvalue weighted by molar-refractivity contribution is 0.408. The summed E-state index contributed by atoms with van der Waals surface area (Å²) in [6.07, 6.45) is 0.128. The van der Waals surface area contributed by atoms with Crippen molar-refractivity contribution in [3.63, 3.8) is 0 Å². The number of nitrogens with one attached hydrogen (secondary N) is 1. The van der Waals surface area contributed by atoms with Crippen molar-refractivity contribution in [2.45, 2.75) is 18.1 Å². The van der Waals surface area contributed by atoms with Gasteiger partial charge in [0.05, 0.1) is 29.6 Å². The molecule has 7 nitrogen and oxygen atoms in total. The van der Waals surface area contributed by atoms with Crippen LogP contribution >= 0.6 is 0 Å². The van der Waals surface area contributed by atoms with E-state index < -0.39 is 25.1 Å². The van der Waals surface area contributed by atoms with E-state index in [9.17, 15) is 21.9 Å². The maximum absolute atomic E-state index is 12.2. The molecule has 0 radical (unpaired) electrons. The molecule has 9 heteroatoms. The molecule has 21 heavy (non-hydrogen) atoms. The average Bonchev–Trinajstić information content (AvgIpc) is 2.40. The standard InChI is InChI=1S/C12H17NO6S2/c1-19-9-2-3-11(12(14)8-9)13-21(17,18)10-4-6-20(15,16)7-5-10/h2-3,8,10,13-14H,4-7H2,1H3. The summed E-state index contributed by atoms with van der Waals surface area (Å²) in [5.74, 6) is -0.110. The summed E-state index contributed by atoms with van der Waals surface area (Å²) in [5, 5.41) is 8.99. The highest BCUT2D eigenvalue weighted by molar-refractivity contribution is 7.94. The van der Waals surface area contributed by atoms with Gasteiger partial charge in [-0.15, -0.1) is 0 Å². The molecule has 2 rings (SSSR count). The van der Waals surface area contributed by atoms with Crippen molar-refractivity contribution in [3.8, 4) is 11.5 Å². The van der Waals surface area contributed by atoms with E-state index in [1.165, 1.54) is 25.3 Å². The molecule has 1 saturated heterocycles. The molecule has 1 aliphatic rings. The predicted octanol–water partition coefficient (Wildman–Crippen LogP) is 0.720. The van der Waals surface area contributed by atoms with Crippen LogP contribution in [0.25, 0.3) is 0 Å². The van der Waals surface area contributed by atoms with Crippen LogP contribution in [0.15, 0.2) is 18.2 Å². The average molecular weight is 335 g/mol. The molecule has 0 bridgehead atoms. The molecule has 0 aliphatic carbocycles. The summed E-state index contributed by atoms with van der Waals surface area (Å²) >= 11 is 0. The number of benzene rings is 1. The van der Waals surface area contributed by atoms with Crippen molar-refractivity contribution in [1.29, 1.82) is 0 Å². The fraction of sp³-hybridized carbons (Fsp3) is 0.500. The molecule has 0 aromatic heterocycles. The van der Waals surface area contributed by atoms with Gasteiger partial charge in [0.25, 0.3) is 0 Å². The molecule has 0 spiro atoms. The third-order valence-corrected chi connectivity index (χ3v) is 6.97. The van der Waals surface area contributed by atoms with Gasteiger partial charge in [-0.2, -0.15) is 0 Å². The van der Waals surface area contributed by atoms with E-state index in [4.69, 9.17) is 4.74 Å². The van der Waals surface area contributed by atoms with Gasteiger partial charge < -0.3 is 9.84 Å². The first-order chi connectivity index (χ1) is 9.73. The molecule has 1 aromatic rings. The van der Waals surface area contributed by atoms with Crippen LogP contribution in [-0.2, 0) is 19.9 Å². The predicted molar refractivity (Wildman–Crippen MR) is 78.9 cm³/mol. The van der Waals surface area contributed by atoms with Crippen molar-refractivity contribution in [2.24, 2.45) is 0 Å². The number of sulfonamides is 1. The number of sulfone groups is 1. The lowest BCUT2D eigenvalue weighted by Crippen LogP contribution is -2.36. The van der Waals surface area contributed by atoms with Crippen molar-refractivity contribution < 1.29 is 26.7 Å². The lowest BCUT2D eigenvalue weighted by atomic mass is 10.2. The Morgan fingerprint density at radius 1 is 1.29 bits per heavy atom. The normalized spacial score (nSPS) is 19.1. The summed E-state index contributed by atoms with van der Waals surface area (Å²) < 4.78 is 54.3. The Hall–Kier alpha value is -1.48. The number of ether oxygens (including phenoxy) is 1. The quantitative estimate of drug-likeness (QED) is 0.785. The van der Waals surface area contributed by atoms with Gasteiger partial charge >= 0.3 is 0 Å². The molecular formula is C12H17NO6S2. The monoisotopic (exact) mass is 335 g/mol. The fourth-order valence-electron chi connectivity index (χ4n) is 2.14. The third kappa shape index (κ3) is 3.79. The molecule has 0 saturated carbocycles. The number of phenols is 1. The number of phenolic OH excluding ortho intramolecular Hbond substituents is 1. The summed E-state index contributed by atoms with van der Waals surface area (Å²) in [6, 6.07) is 4.21. The number of hydrogen-bond donors (Lipinski definition) is 2. The van der Waals surface area contributed by atoms with Crippen molar-refractivity contribution >= 4 is 25.5 Å². The Morgan fingerprint density at radius 2 is 1.90 bits per heavy atom. The van der Waals surface area contributed by atoms with Gasteiger partial charge in [0.1, 0.15) is 21.3 Å². The van der Waals surface area contributed by atoms with E-state index in [1.807, 2.05) is 0 Å². The molecule has 118 valence electrons. The Balaban J connectivity index is 2.15. The van der Waals surface area contributed by atoms with Crippen LogP contribution in [0.1, 0.15) is 12.8 Å². The lowest BCUT2D eigenvalue weighted by Gasteiger charge is -2.23. The van der Waals surface area contributed by atoms with E-state index in [-0.39, 0.29) is 35.8 Å². The minimum absolute atomic E-state index is 0.0456. The van der Waals surface area contributed by atoms with E-state index in [0.29, 0.717) is 5.75 Å². The van der Waals surface area contributed by atoms with Crippen LogP contribution in [0.5, 0.6) is 11.5 Å². The van der Waals surface area contributed by atoms with Crippen LogP contribution in [-0.4, -0.2) is 45.8 Å². The van der Waals surface area contributed by atoms with Gasteiger partial charge in [-0.25, -0.2) is 16.8 Å². The van der Waals surface area contributed by atoms with Crippen molar-refractivity contribution in [1.82, 2.24) is 0 Å². The van der Waals surface area contributed by atoms with Crippen LogP contribution < -0.4 is 9.46 Å². The smallest absolute Gasteiger partial charge is 0.235 e. The summed E-state index contributed by atoms with van der Waals surface area (Å²) in [5.41, 5.74) is 0.0456. The van der Waals surface area contributed by atoms with Crippen LogP contribution in [0.2, 0.25) is 0 Å². The Labute approximate surface area is 123 Å². The first-order valence-corrected chi connectivity index (χ1v) is 9.69. The SMILES string of the molecule is COc1ccc(NS(=O)(=O)C2CCS(=O)(=O)CC2)c(O)c1. The van der Waals surface area contributed by atoms with Crippen molar-refractivity contribution in [2.75, 3.05) is 23.3 Å². The van der Waals surface area contributed by atoms with E-state index in [0.717, 1.165) is 0 Å². The zero-order valence-corrected chi connectivity index (χ0v) is 13.1. The van der Waals surface area contributed by atoms with Gasteiger partial charge in [-0.3, -0.25) is 4.72 Å². The van der Waals surface area contributed by atoms with E-state index in [1.54, 1.807) is 0 Å². The minimum atomic E-state index is -3.74. The molecule has 0 atom stereocenters. The highest BCUT2D eigenvalue weighted by Gasteiger charge is 2.33. The summed E-state index contributed by atoms with van der Waals surface area (Å²) in [6.45, 7) is 0. The highest BCUT2D eigenvalue weighted by atomic mass is 32.2. The molecule has 2 N–H and O–H groups in total. The largest absolute Gasteiger partial charge is 0.506 e. The van der Waals surface area contributed by atoms with Crippen LogP contribution in [0.4, 0.5) is 5.69 Å². The zero-order chi connectivity index (χ0) is 15.7. The molecule has 1 aromatic carbocycles. The van der Waals surface area contributed by atoms with Gasteiger partial charge in [0.2, 0.25) is 10.0 Å². The first-order valence-electron chi connectivity index (χ1n) is 6.32. The van der Waals surface area contributed by atoms with Gasteiger partial charge in [0, 0.05) is 6.07 Å². The molecule has 0 unspecified atom stereocenters. The number of hydrogen-bond acceptors (Lipinski definition) is 6. The van der Waals surface area contributed by atoms with Crippen LogP contribution in [0, 0.1) is 0 Å². The molecular weight excluding hydrogens is 318 g/mol. The van der Waals surface area contributed by atoms with Gasteiger partial charge in [-0.1, -0.05) is 0 Å².